The zero-order valence-electron chi connectivity index (χ0n) is 15.3. The monoisotopic (exact) mass is 372 g/mol. The summed E-state index contributed by atoms with van der Waals surface area (Å²) in [6.45, 7) is 1.38. The van der Waals surface area contributed by atoms with E-state index < -0.39 is 0 Å². The van der Waals surface area contributed by atoms with Gasteiger partial charge in [0.1, 0.15) is 0 Å². The van der Waals surface area contributed by atoms with Crippen LogP contribution in [0.4, 0.5) is 0 Å². The molecule has 1 atom stereocenters. The molecular formula is C21H20N6O. The summed E-state index contributed by atoms with van der Waals surface area (Å²) in [5, 5.41) is 13.4. The van der Waals surface area contributed by atoms with Gasteiger partial charge in [0.25, 0.3) is 5.91 Å². The molecule has 1 fully saturated rings. The quantitative estimate of drug-likeness (QED) is 0.599. The van der Waals surface area contributed by atoms with Gasteiger partial charge in [-0.15, -0.1) is 5.10 Å². The number of likely N-dealkylation sites (tertiary alicyclic amines) is 1. The van der Waals surface area contributed by atoms with Crippen molar-refractivity contribution in [1.82, 2.24) is 30.1 Å². The van der Waals surface area contributed by atoms with Gasteiger partial charge in [-0.3, -0.25) is 4.79 Å². The van der Waals surface area contributed by atoms with Gasteiger partial charge in [-0.05, 0) is 59.7 Å². The molecule has 7 heteroatoms. The summed E-state index contributed by atoms with van der Waals surface area (Å²) < 4.78 is 1.78. The SMILES string of the molecule is O=C(c1ccc2[nH]ccc2c1)N1CCCC(c2nnnn2-c2ccccc2)C1. The molecule has 1 N–H and O–H groups in total. The largest absolute Gasteiger partial charge is 0.361 e. The molecule has 2 aromatic carbocycles. The van der Waals surface area contributed by atoms with Gasteiger partial charge in [0.2, 0.25) is 0 Å². The van der Waals surface area contributed by atoms with Crippen molar-refractivity contribution in [3.8, 4) is 5.69 Å². The van der Waals surface area contributed by atoms with Crippen LogP contribution in [0.15, 0.2) is 60.8 Å². The number of nitrogens with zero attached hydrogens (tertiary/aromatic N) is 5. The molecule has 0 saturated carbocycles. The standard InChI is InChI=1S/C21H20N6O/c28-21(16-8-9-19-15(13-16)10-11-22-19)26-12-4-5-17(14-26)20-23-24-25-27(20)18-6-2-1-3-7-18/h1-3,6-11,13,17,22H,4-5,12,14H2. The Morgan fingerprint density at radius 3 is 2.89 bits per heavy atom. The van der Waals surface area contributed by atoms with Crippen molar-refractivity contribution >= 4 is 16.8 Å². The summed E-state index contributed by atoms with van der Waals surface area (Å²) >= 11 is 0. The Balaban J connectivity index is 1.39. The number of hydrogen-bond acceptors (Lipinski definition) is 4. The molecule has 4 aromatic rings. The van der Waals surface area contributed by atoms with Crippen LogP contribution < -0.4 is 0 Å². The van der Waals surface area contributed by atoms with Gasteiger partial charge in [0, 0.05) is 41.7 Å². The number of benzene rings is 2. The van der Waals surface area contributed by atoms with E-state index in [0.717, 1.165) is 47.4 Å². The first-order valence-corrected chi connectivity index (χ1v) is 9.50. The molecule has 1 unspecified atom stereocenters. The molecule has 28 heavy (non-hydrogen) atoms. The van der Waals surface area contributed by atoms with Crippen LogP contribution in [0.5, 0.6) is 0 Å². The Labute approximate surface area is 162 Å². The van der Waals surface area contributed by atoms with E-state index in [1.165, 1.54) is 0 Å². The number of fused-ring (bicyclic) bond motifs is 1. The average Bonchev–Trinajstić information content (AvgIpc) is 3.43. The van der Waals surface area contributed by atoms with Crippen LogP contribution >= 0.6 is 0 Å². The van der Waals surface area contributed by atoms with E-state index in [1.807, 2.05) is 65.7 Å². The van der Waals surface area contributed by atoms with Crippen LogP contribution in [0.25, 0.3) is 16.6 Å². The normalized spacial score (nSPS) is 17.1. The number of rotatable bonds is 3. The van der Waals surface area contributed by atoms with Gasteiger partial charge in [-0.25, -0.2) is 0 Å². The first-order chi connectivity index (χ1) is 13.8. The zero-order valence-corrected chi connectivity index (χ0v) is 15.3. The summed E-state index contributed by atoms with van der Waals surface area (Å²) in [4.78, 5) is 18.2. The minimum Gasteiger partial charge on any atom is -0.361 e. The number of para-hydroxylation sites is 1. The number of aromatic nitrogens is 5. The van der Waals surface area contributed by atoms with Gasteiger partial charge < -0.3 is 9.88 Å². The lowest BCUT2D eigenvalue weighted by Crippen LogP contribution is -2.39. The van der Waals surface area contributed by atoms with Gasteiger partial charge in [0.05, 0.1) is 5.69 Å². The minimum atomic E-state index is 0.0616. The van der Waals surface area contributed by atoms with Crippen LogP contribution in [-0.4, -0.2) is 49.1 Å². The van der Waals surface area contributed by atoms with Gasteiger partial charge in [0.15, 0.2) is 5.82 Å². The number of aromatic amines is 1. The number of H-pyrrole nitrogens is 1. The van der Waals surface area contributed by atoms with Gasteiger partial charge in [-0.1, -0.05) is 18.2 Å². The predicted octanol–water partition coefficient (Wildman–Crippen LogP) is 3.16. The summed E-state index contributed by atoms with van der Waals surface area (Å²) in [7, 11) is 0. The fourth-order valence-electron chi connectivity index (χ4n) is 3.94. The Bertz CT molecular complexity index is 1120. The van der Waals surface area contributed by atoms with E-state index >= 15 is 0 Å². The average molecular weight is 372 g/mol. The first kappa shape index (κ1) is 16.7. The molecule has 3 heterocycles. The summed E-state index contributed by atoms with van der Waals surface area (Å²) in [5.74, 6) is 0.986. The highest BCUT2D eigenvalue weighted by Gasteiger charge is 2.29. The molecule has 7 nitrogen and oxygen atoms in total. The highest BCUT2D eigenvalue weighted by molar-refractivity contribution is 5.98. The van der Waals surface area contributed by atoms with Gasteiger partial charge in [-0.2, -0.15) is 4.68 Å². The molecule has 2 aromatic heterocycles. The highest BCUT2D eigenvalue weighted by Crippen LogP contribution is 2.28. The maximum Gasteiger partial charge on any atom is 0.253 e. The summed E-state index contributed by atoms with van der Waals surface area (Å²) in [6, 6.07) is 17.7. The molecule has 0 spiro atoms. The molecule has 140 valence electrons. The fourth-order valence-corrected chi connectivity index (χ4v) is 3.94. The Hall–Kier alpha value is -3.48. The third-order valence-electron chi connectivity index (χ3n) is 5.37. The van der Waals surface area contributed by atoms with Gasteiger partial charge >= 0.3 is 0 Å². The van der Waals surface area contributed by atoms with Crippen molar-refractivity contribution in [2.45, 2.75) is 18.8 Å². The van der Waals surface area contributed by atoms with Crippen molar-refractivity contribution in [2.75, 3.05) is 13.1 Å². The second-order valence-electron chi connectivity index (χ2n) is 7.15. The van der Waals surface area contributed by atoms with Crippen molar-refractivity contribution in [3.63, 3.8) is 0 Å². The number of hydrogen-bond donors (Lipinski definition) is 1. The second-order valence-corrected chi connectivity index (χ2v) is 7.15. The number of tetrazole rings is 1. The summed E-state index contributed by atoms with van der Waals surface area (Å²) in [5.41, 5.74) is 2.69. The molecule has 1 aliphatic heterocycles. The number of amides is 1. The van der Waals surface area contributed by atoms with E-state index in [2.05, 4.69) is 20.5 Å². The van der Waals surface area contributed by atoms with Crippen LogP contribution in [0.2, 0.25) is 0 Å². The predicted molar refractivity (Wildman–Crippen MR) is 105 cm³/mol. The maximum absolute atomic E-state index is 13.1. The van der Waals surface area contributed by atoms with Crippen molar-refractivity contribution in [3.05, 3.63) is 72.2 Å². The lowest BCUT2D eigenvalue weighted by molar-refractivity contribution is 0.0704. The molecule has 5 rings (SSSR count). The van der Waals surface area contributed by atoms with Crippen LogP contribution in [0.1, 0.15) is 34.9 Å². The maximum atomic E-state index is 13.1. The van der Waals surface area contributed by atoms with Crippen molar-refractivity contribution in [1.29, 1.82) is 0 Å². The third-order valence-corrected chi connectivity index (χ3v) is 5.37. The lowest BCUT2D eigenvalue weighted by Gasteiger charge is -2.32. The van der Waals surface area contributed by atoms with E-state index in [9.17, 15) is 4.79 Å². The number of carbonyl (C=O) groups excluding carboxylic acids is 1. The fraction of sp³-hybridized carbons (Fsp3) is 0.238. The minimum absolute atomic E-state index is 0.0616. The molecule has 1 saturated heterocycles. The number of nitrogens with one attached hydrogen (secondary N) is 1. The zero-order chi connectivity index (χ0) is 18.9. The molecule has 0 bridgehead atoms. The Morgan fingerprint density at radius 1 is 1.11 bits per heavy atom. The van der Waals surface area contributed by atoms with Crippen LogP contribution in [0, 0.1) is 0 Å². The summed E-state index contributed by atoms with van der Waals surface area (Å²) in [6.07, 6.45) is 3.79. The smallest absolute Gasteiger partial charge is 0.253 e. The second kappa shape index (κ2) is 6.92. The lowest BCUT2D eigenvalue weighted by atomic mass is 9.96. The van der Waals surface area contributed by atoms with E-state index in [-0.39, 0.29) is 11.8 Å². The molecular weight excluding hydrogens is 352 g/mol. The van der Waals surface area contributed by atoms with E-state index in [4.69, 9.17) is 0 Å². The first-order valence-electron chi connectivity index (χ1n) is 9.50. The van der Waals surface area contributed by atoms with Crippen molar-refractivity contribution in [2.24, 2.45) is 0 Å². The number of piperidine rings is 1. The van der Waals surface area contributed by atoms with Crippen LogP contribution in [-0.2, 0) is 0 Å². The molecule has 1 amide bonds. The van der Waals surface area contributed by atoms with Crippen molar-refractivity contribution < 1.29 is 4.79 Å². The van der Waals surface area contributed by atoms with Crippen LogP contribution in [0.3, 0.4) is 0 Å². The topological polar surface area (TPSA) is 79.7 Å². The Kier molecular flexibility index (Phi) is 4.12. The number of carbonyl (C=O) groups is 1. The van der Waals surface area contributed by atoms with E-state index in [0.29, 0.717) is 6.54 Å². The van der Waals surface area contributed by atoms with E-state index in [1.54, 1.807) is 4.68 Å². The third kappa shape index (κ3) is 2.94. The highest BCUT2D eigenvalue weighted by atomic mass is 16.2. The molecule has 1 aliphatic rings. The Morgan fingerprint density at radius 2 is 2.00 bits per heavy atom. The molecule has 0 aliphatic carbocycles. The molecule has 0 radical (unpaired) electrons.